The summed E-state index contributed by atoms with van der Waals surface area (Å²) < 4.78 is 13.1. The monoisotopic (exact) mass is 426 g/mol. The van der Waals surface area contributed by atoms with Crippen LogP contribution in [0.3, 0.4) is 0 Å². The Labute approximate surface area is 178 Å². The molecule has 0 saturated carbocycles. The lowest BCUT2D eigenvalue weighted by molar-refractivity contribution is 0.0621. The normalized spacial score (nSPS) is 14.8. The van der Waals surface area contributed by atoms with Crippen molar-refractivity contribution in [1.82, 2.24) is 30.0 Å². The van der Waals surface area contributed by atoms with Gasteiger partial charge in [-0.2, -0.15) is 5.10 Å². The summed E-state index contributed by atoms with van der Waals surface area (Å²) in [6, 6.07) is 10.0. The maximum atomic E-state index is 13.1. The standard InChI is InChI=1S/C21H23FN6OS/c1-15-24-19(26-25-15)13-27-9-11-28(12-10-27)21(29)18-3-2-8-23-20(18)30-14-16-4-6-17(22)7-5-16/h2-8H,9-14H2,1H3,(H,24,25,26). The van der Waals surface area contributed by atoms with Crippen molar-refractivity contribution in [3.63, 3.8) is 0 Å². The lowest BCUT2D eigenvalue weighted by atomic mass is 10.2. The molecule has 156 valence electrons. The van der Waals surface area contributed by atoms with E-state index in [2.05, 4.69) is 25.1 Å². The predicted octanol–water partition coefficient (Wildman–Crippen LogP) is 2.90. The summed E-state index contributed by atoms with van der Waals surface area (Å²) in [5.74, 6) is 1.95. The highest BCUT2D eigenvalue weighted by molar-refractivity contribution is 7.98. The van der Waals surface area contributed by atoms with Crippen molar-refractivity contribution in [2.75, 3.05) is 26.2 Å². The molecule has 2 aromatic heterocycles. The van der Waals surface area contributed by atoms with Gasteiger partial charge in [0.1, 0.15) is 16.7 Å². The second-order valence-electron chi connectivity index (χ2n) is 7.18. The smallest absolute Gasteiger partial charge is 0.256 e. The lowest BCUT2D eigenvalue weighted by Gasteiger charge is -2.34. The van der Waals surface area contributed by atoms with Crippen LogP contribution in [0.25, 0.3) is 0 Å². The molecule has 0 unspecified atom stereocenters. The molecule has 0 atom stereocenters. The van der Waals surface area contributed by atoms with Gasteiger partial charge in [-0.15, -0.1) is 11.8 Å². The van der Waals surface area contributed by atoms with E-state index in [1.165, 1.54) is 23.9 Å². The lowest BCUT2D eigenvalue weighted by Crippen LogP contribution is -2.48. The topological polar surface area (TPSA) is 78.0 Å². The van der Waals surface area contributed by atoms with Crippen LogP contribution < -0.4 is 0 Å². The molecule has 1 aliphatic rings. The summed E-state index contributed by atoms with van der Waals surface area (Å²) in [5.41, 5.74) is 1.60. The average Bonchev–Trinajstić information content (AvgIpc) is 3.18. The van der Waals surface area contributed by atoms with Crippen molar-refractivity contribution in [3.8, 4) is 0 Å². The summed E-state index contributed by atoms with van der Waals surface area (Å²) in [6.07, 6.45) is 1.70. The number of hydrogen-bond donors (Lipinski definition) is 1. The molecule has 0 aliphatic carbocycles. The summed E-state index contributed by atoms with van der Waals surface area (Å²) in [6.45, 7) is 5.42. The number of carbonyl (C=O) groups is 1. The van der Waals surface area contributed by atoms with Crippen molar-refractivity contribution < 1.29 is 9.18 Å². The molecular weight excluding hydrogens is 403 g/mol. The van der Waals surface area contributed by atoms with Gasteiger partial charge in [-0.25, -0.2) is 14.4 Å². The van der Waals surface area contributed by atoms with Crippen LogP contribution in [0.5, 0.6) is 0 Å². The number of amides is 1. The molecule has 1 fully saturated rings. The van der Waals surface area contributed by atoms with Crippen LogP contribution in [0, 0.1) is 12.7 Å². The van der Waals surface area contributed by atoms with Gasteiger partial charge in [0.2, 0.25) is 0 Å². The first-order valence-electron chi connectivity index (χ1n) is 9.80. The molecule has 0 bridgehead atoms. The summed E-state index contributed by atoms with van der Waals surface area (Å²) >= 11 is 1.49. The minimum absolute atomic E-state index is 0.00176. The Morgan fingerprint density at radius 1 is 1.17 bits per heavy atom. The molecule has 0 radical (unpaired) electrons. The summed E-state index contributed by atoms with van der Waals surface area (Å²) in [4.78, 5) is 26.0. The SMILES string of the molecule is Cc1nc(CN2CCN(C(=O)c3cccnc3SCc3ccc(F)cc3)CC2)n[nH]1. The fraction of sp³-hybridized carbons (Fsp3) is 0.333. The fourth-order valence-electron chi connectivity index (χ4n) is 3.34. The van der Waals surface area contributed by atoms with Gasteiger partial charge in [0.25, 0.3) is 5.91 Å². The average molecular weight is 427 g/mol. The third kappa shape index (κ3) is 5.03. The van der Waals surface area contributed by atoms with Crippen LogP contribution in [0.1, 0.15) is 27.6 Å². The highest BCUT2D eigenvalue weighted by Crippen LogP contribution is 2.25. The van der Waals surface area contributed by atoms with Gasteiger partial charge < -0.3 is 4.90 Å². The molecule has 4 rings (SSSR count). The number of aryl methyl sites for hydroxylation is 1. The Morgan fingerprint density at radius 3 is 2.63 bits per heavy atom. The number of halogens is 1. The van der Waals surface area contributed by atoms with E-state index >= 15 is 0 Å². The number of rotatable bonds is 6. The van der Waals surface area contributed by atoms with E-state index in [1.54, 1.807) is 24.4 Å². The largest absolute Gasteiger partial charge is 0.336 e. The molecule has 1 amide bonds. The van der Waals surface area contributed by atoms with E-state index in [-0.39, 0.29) is 11.7 Å². The third-order valence-corrected chi connectivity index (χ3v) is 6.03. The minimum atomic E-state index is -0.255. The van der Waals surface area contributed by atoms with Crippen LogP contribution in [-0.2, 0) is 12.3 Å². The Hall–Kier alpha value is -2.78. The zero-order chi connectivity index (χ0) is 20.9. The second kappa shape index (κ2) is 9.36. The van der Waals surface area contributed by atoms with Gasteiger partial charge in [-0.1, -0.05) is 12.1 Å². The van der Waals surface area contributed by atoms with E-state index in [1.807, 2.05) is 17.9 Å². The number of nitrogens with zero attached hydrogens (tertiary/aromatic N) is 5. The number of benzene rings is 1. The maximum absolute atomic E-state index is 13.1. The van der Waals surface area contributed by atoms with Gasteiger partial charge >= 0.3 is 0 Å². The third-order valence-electron chi connectivity index (χ3n) is 4.96. The molecule has 1 aliphatic heterocycles. The number of thioether (sulfide) groups is 1. The molecule has 9 heteroatoms. The van der Waals surface area contributed by atoms with E-state index in [9.17, 15) is 9.18 Å². The molecule has 1 saturated heterocycles. The van der Waals surface area contributed by atoms with E-state index in [4.69, 9.17) is 0 Å². The second-order valence-corrected chi connectivity index (χ2v) is 8.14. The number of nitrogens with one attached hydrogen (secondary N) is 1. The number of H-pyrrole nitrogens is 1. The molecule has 7 nitrogen and oxygen atoms in total. The van der Waals surface area contributed by atoms with Gasteiger partial charge in [0, 0.05) is 38.1 Å². The number of piperazine rings is 1. The van der Waals surface area contributed by atoms with Crippen molar-refractivity contribution in [2.24, 2.45) is 0 Å². The highest BCUT2D eigenvalue weighted by atomic mass is 32.2. The zero-order valence-electron chi connectivity index (χ0n) is 16.7. The number of hydrogen-bond acceptors (Lipinski definition) is 6. The number of carbonyl (C=O) groups excluding carboxylic acids is 1. The van der Waals surface area contributed by atoms with Crippen LogP contribution in [0.2, 0.25) is 0 Å². The fourth-order valence-corrected chi connectivity index (χ4v) is 4.28. The summed E-state index contributed by atoms with van der Waals surface area (Å²) in [5, 5.41) is 7.74. The molecule has 1 N–H and O–H groups in total. The zero-order valence-corrected chi connectivity index (χ0v) is 17.5. The van der Waals surface area contributed by atoms with E-state index in [0.717, 1.165) is 30.3 Å². The molecule has 30 heavy (non-hydrogen) atoms. The van der Waals surface area contributed by atoms with E-state index < -0.39 is 0 Å². The van der Waals surface area contributed by atoms with Gasteiger partial charge in [0.05, 0.1) is 12.1 Å². The molecule has 3 heterocycles. The maximum Gasteiger partial charge on any atom is 0.256 e. The number of pyridine rings is 1. The summed E-state index contributed by atoms with van der Waals surface area (Å²) in [7, 11) is 0. The first kappa shape index (κ1) is 20.5. The first-order chi connectivity index (χ1) is 14.6. The molecule has 0 spiro atoms. The van der Waals surface area contributed by atoms with Crippen LogP contribution in [0.4, 0.5) is 4.39 Å². The van der Waals surface area contributed by atoms with Crippen molar-refractivity contribution in [1.29, 1.82) is 0 Å². The number of aromatic amines is 1. The Balaban J connectivity index is 1.36. The Bertz CT molecular complexity index is 1000. The molecule has 1 aromatic carbocycles. The van der Waals surface area contributed by atoms with Gasteiger partial charge in [0.15, 0.2) is 5.82 Å². The van der Waals surface area contributed by atoms with Crippen LogP contribution >= 0.6 is 11.8 Å². The molecular formula is C21H23FN6OS. The first-order valence-corrected chi connectivity index (χ1v) is 10.8. The minimum Gasteiger partial charge on any atom is -0.336 e. The van der Waals surface area contributed by atoms with Crippen molar-refractivity contribution >= 4 is 17.7 Å². The van der Waals surface area contributed by atoms with Crippen molar-refractivity contribution in [3.05, 3.63) is 71.2 Å². The van der Waals surface area contributed by atoms with Gasteiger partial charge in [-0.3, -0.25) is 14.8 Å². The van der Waals surface area contributed by atoms with Crippen LogP contribution in [0.15, 0.2) is 47.6 Å². The predicted molar refractivity (Wildman–Crippen MR) is 112 cm³/mol. The Kier molecular flexibility index (Phi) is 6.39. The molecule has 3 aromatic rings. The number of aromatic nitrogens is 4. The highest BCUT2D eigenvalue weighted by Gasteiger charge is 2.25. The van der Waals surface area contributed by atoms with Crippen LogP contribution in [-0.4, -0.2) is 62.1 Å². The van der Waals surface area contributed by atoms with Gasteiger partial charge in [-0.05, 0) is 36.8 Å². The van der Waals surface area contributed by atoms with Crippen molar-refractivity contribution in [2.45, 2.75) is 24.2 Å². The Morgan fingerprint density at radius 2 is 1.93 bits per heavy atom. The van der Waals surface area contributed by atoms with E-state index in [0.29, 0.717) is 36.0 Å². The quantitative estimate of drug-likeness (QED) is 0.611.